The Morgan fingerprint density at radius 2 is 1.97 bits per heavy atom. The molecule has 1 unspecified atom stereocenters. The highest BCUT2D eigenvalue weighted by molar-refractivity contribution is 7.92. The number of benzene rings is 2. The van der Waals surface area contributed by atoms with Crippen LogP contribution in [0.2, 0.25) is 0 Å². The van der Waals surface area contributed by atoms with Gasteiger partial charge in [-0.25, -0.2) is 17.8 Å². The number of carbonyl (C=O) groups is 1. The molecule has 0 aliphatic carbocycles. The van der Waals surface area contributed by atoms with Gasteiger partial charge in [-0.1, -0.05) is 19.1 Å². The molecule has 0 spiro atoms. The summed E-state index contributed by atoms with van der Waals surface area (Å²) in [5, 5.41) is 5.21. The zero-order valence-corrected chi connectivity index (χ0v) is 19.8. The number of aromatic nitrogens is 1. The van der Waals surface area contributed by atoms with Gasteiger partial charge in [0, 0.05) is 24.0 Å². The number of likely N-dealkylation sites (tertiary alicyclic amines) is 1. The highest BCUT2D eigenvalue weighted by Crippen LogP contribution is 2.22. The Labute approximate surface area is 196 Å². The van der Waals surface area contributed by atoms with E-state index >= 15 is 0 Å². The second kappa shape index (κ2) is 9.98. The van der Waals surface area contributed by atoms with E-state index in [1.807, 2.05) is 5.38 Å². The number of sulfonamides is 1. The minimum Gasteiger partial charge on any atom is -0.298 e. The fourth-order valence-corrected chi connectivity index (χ4v) is 5.56. The van der Waals surface area contributed by atoms with E-state index in [1.165, 1.54) is 72.7 Å². The zero-order valence-electron chi connectivity index (χ0n) is 18.1. The van der Waals surface area contributed by atoms with Gasteiger partial charge in [-0.15, -0.1) is 11.3 Å². The van der Waals surface area contributed by atoms with E-state index in [-0.39, 0.29) is 16.5 Å². The van der Waals surface area contributed by atoms with Gasteiger partial charge in [0.05, 0.1) is 16.3 Å². The monoisotopic (exact) mass is 488 g/mol. The predicted molar refractivity (Wildman–Crippen MR) is 127 cm³/mol. The molecule has 1 amide bonds. The zero-order chi connectivity index (χ0) is 23.4. The fourth-order valence-electron chi connectivity index (χ4n) is 3.80. The van der Waals surface area contributed by atoms with E-state index in [0.717, 1.165) is 25.3 Å². The summed E-state index contributed by atoms with van der Waals surface area (Å²) in [7, 11) is -3.99. The maximum Gasteiger partial charge on any atom is 0.261 e. The average molecular weight is 489 g/mol. The summed E-state index contributed by atoms with van der Waals surface area (Å²) in [6.45, 7) is 5.13. The van der Waals surface area contributed by atoms with Gasteiger partial charge in [-0.2, -0.15) is 0 Å². The van der Waals surface area contributed by atoms with Crippen LogP contribution in [0, 0.1) is 11.7 Å². The molecule has 0 bridgehead atoms. The van der Waals surface area contributed by atoms with Crippen molar-refractivity contribution in [3.8, 4) is 0 Å². The summed E-state index contributed by atoms with van der Waals surface area (Å²) >= 11 is 1.36. The van der Waals surface area contributed by atoms with E-state index in [4.69, 9.17) is 0 Å². The highest BCUT2D eigenvalue weighted by Gasteiger charge is 2.19. The van der Waals surface area contributed by atoms with Crippen LogP contribution in [-0.2, 0) is 16.6 Å². The number of amides is 1. The quantitative estimate of drug-likeness (QED) is 0.509. The standard InChI is InChI=1S/C23H25FN4O3S2/c1-16-5-4-12-28(13-16)14-18-15-32-23(25-18)26-22(29)17-8-10-19(11-9-17)33(30,31)27-21-7-3-2-6-20(21)24/h2-3,6-11,15-16,27H,4-5,12-14H2,1H3,(H,25,26,29). The Balaban J connectivity index is 1.37. The summed E-state index contributed by atoms with van der Waals surface area (Å²) in [5.74, 6) is -0.367. The Hall–Kier alpha value is -2.82. The van der Waals surface area contributed by atoms with Gasteiger partial charge < -0.3 is 0 Å². The number of hydrogen-bond acceptors (Lipinski definition) is 6. The summed E-state index contributed by atoms with van der Waals surface area (Å²) in [6.07, 6.45) is 2.45. The molecule has 1 aliphatic rings. The van der Waals surface area contributed by atoms with Gasteiger partial charge in [-0.05, 0) is 61.7 Å². The summed E-state index contributed by atoms with van der Waals surface area (Å²) in [5.41, 5.74) is 1.07. The minimum absolute atomic E-state index is 0.0744. The third-order valence-electron chi connectivity index (χ3n) is 5.44. The fraction of sp³-hybridized carbons (Fsp3) is 0.304. The number of nitrogens with one attached hydrogen (secondary N) is 2. The van der Waals surface area contributed by atoms with E-state index in [1.54, 1.807) is 0 Å². The predicted octanol–water partition coefficient (Wildman–Crippen LogP) is 4.57. The van der Waals surface area contributed by atoms with Crippen molar-refractivity contribution in [2.75, 3.05) is 23.1 Å². The van der Waals surface area contributed by atoms with Crippen LogP contribution in [0.15, 0.2) is 58.8 Å². The van der Waals surface area contributed by atoms with Crippen LogP contribution >= 0.6 is 11.3 Å². The van der Waals surface area contributed by atoms with Crippen molar-refractivity contribution in [2.45, 2.75) is 31.2 Å². The van der Waals surface area contributed by atoms with Crippen LogP contribution in [-0.4, -0.2) is 37.3 Å². The smallest absolute Gasteiger partial charge is 0.261 e. The number of nitrogens with zero attached hydrogens (tertiary/aromatic N) is 2. The summed E-state index contributed by atoms with van der Waals surface area (Å²) in [4.78, 5) is 19.4. The van der Waals surface area contributed by atoms with E-state index in [9.17, 15) is 17.6 Å². The van der Waals surface area contributed by atoms with Crippen molar-refractivity contribution in [1.82, 2.24) is 9.88 Å². The number of anilines is 2. The number of thiazole rings is 1. The van der Waals surface area contributed by atoms with Gasteiger partial charge >= 0.3 is 0 Å². The lowest BCUT2D eigenvalue weighted by molar-refractivity contribution is 0.102. The molecule has 2 aromatic carbocycles. The lowest BCUT2D eigenvalue weighted by Gasteiger charge is -2.30. The number of hydrogen-bond donors (Lipinski definition) is 2. The largest absolute Gasteiger partial charge is 0.298 e. The molecular formula is C23H25FN4O3S2. The van der Waals surface area contributed by atoms with E-state index < -0.39 is 15.8 Å². The molecule has 1 fully saturated rings. The maximum absolute atomic E-state index is 13.8. The van der Waals surface area contributed by atoms with Crippen LogP contribution in [0.5, 0.6) is 0 Å². The van der Waals surface area contributed by atoms with Gasteiger partial charge in [0.25, 0.3) is 15.9 Å². The summed E-state index contributed by atoms with van der Waals surface area (Å²) in [6, 6.07) is 11.0. The Morgan fingerprint density at radius 1 is 1.21 bits per heavy atom. The normalized spacial score (nSPS) is 17.0. The Bertz CT molecular complexity index is 1230. The molecule has 10 heteroatoms. The Morgan fingerprint density at radius 3 is 2.70 bits per heavy atom. The second-order valence-electron chi connectivity index (χ2n) is 8.19. The number of halogens is 1. The number of piperidine rings is 1. The molecule has 0 radical (unpaired) electrons. The van der Waals surface area contributed by atoms with Crippen LogP contribution < -0.4 is 10.0 Å². The van der Waals surface area contributed by atoms with Gasteiger partial charge in [0.15, 0.2) is 5.13 Å². The van der Waals surface area contributed by atoms with Crippen LogP contribution in [0.25, 0.3) is 0 Å². The molecular weight excluding hydrogens is 463 g/mol. The third-order valence-corrected chi connectivity index (χ3v) is 7.63. The molecule has 3 aromatic rings. The van der Waals surface area contributed by atoms with Crippen LogP contribution in [0.3, 0.4) is 0 Å². The van der Waals surface area contributed by atoms with Crippen molar-refractivity contribution in [2.24, 2.45) is 5.92 Å². The topological polar surface area (TPSA) is 91.4 Å². The van der Waals surface area contributed by atoms with E-state index in [2.05, 4.69) is 26.8 Å². The van der Waals surface area contributed by atoms with Crippen LogP contribution in [0.4, 0.5) is 15.2 Å². The first-order valence-electron chi connectivity index (χ1n) is 10.7. The third kappa shape index (κ3) is 5.95. The van der Waals surface area contributed by atoms with Gasteiger partial charge in [0.2, 0.25) is 0 Å². The van der Waals surface area contributed by atoms with Gasteiger partial charge in [0.1, 0.15) is 5.82 Å². The molecule has 1 aliphatic heterocycles. The van der Waals surface area contributed by atoms with E-state index in [0.29, 0.717) is 16.6 Å². The van der Waals surface area contributed by atoms with Crippen molar-refractivity contribution in [3.63, 3.8) is 0 Å². The molecule has 7 nitrogen and oxygen atoms in total. The number of carbonyl (C=O) groups excluding carboxylic acids is 1. The van der Waals surface area contributed by atoms with Crippen molar-refractivity contribution in [1.29, 1.82) is 0 Å². The lowest BCUT2D eigenvalue weighted by atomic mass is 10.0. The molecule has 33 heavy (non-hydrogen) atoms. The molecule has 1 saturated heterocycles. The van der Waals surface area contributed by atoms with Crippen molar-refractivity contribution >= 4 is 38.1 Å². The van der Waals surface area contributed by atoms with Gasteiger partial charge in [-0.3, -0.25) is 19.7 Å². The average Bonchev–Trinajstić information content (AvgIpc) is 3.22. The first kappa shape index (κ1) is 23.3. The molecule has 1 atom stereocenters. The summed E-state index contributed by atoms with van der Waals surface area (Å²) < 4.78 is 41.0. The van der Waals surface area contributed by atoms with Crippen molar-refractivity contribution < 1.29 is 17.6 Å². The molecule has 0 saturated carbocycles. The lowest BCUT2D eigenvalue weighted by Crippen LogP contribution is -2.33. The number of para-hydroxylation sites is 1. The van der Waals surface area contributed by atoms with Crippen molar-refractivity contribution in [3.05, 3.63) is 71.0 Å². The maximum atomic E-state index is 13.8. The Kier molecular flexibility index (Phi) is 7.06. The van der Waals surface area contributed by atoms with Crippen LogP contribution in [0.1, 0.15) is 35.8 Å². The SMILES string of the molecule is CC1CCCN(Cc2csc(NC(=O)c3ccc(S(=O)(=O)Nc4ccccc4F)cc3)n2)C1. The first-order chi connectivity index (χ1) is 15.8. The minimum atomic E-state index is -3.99. The molecule has 2 N–H and O–H groups in total. The molecule has 1 aromatic heterocycles. The number of rotatable bonds is 7. The second-order valence-corrected chi connectivity index (χ2v) is 10.7. The molecule has 4 rings (SSSR count). The molecule has 2 heterocycles. The first-order valence-corrected chi connectivity index (χ1v) is 13.0. The molecule has 174 valence electrons. The highest BCUT2D eigenvalue weighted by atomic mass is 32.2.